The van der Waals surface area contributed by atoms with Gasteiger partial charge >= 0.3 is 0 Å². The highest BCUT2D eigenvalue weighted by Crippen LogP contribution is 2.25. The first-order valence-electron chi connectivity index (χ1n) is 7.18. The zero-order chi connectivity index (χ0) is 16.8. The Morgan fingerprint density at radius 1 is 1.29 bits per heavy atom. The maximum absolute atomic E-state index is 12.8. The third-order valence-electron chi connectivity index (χ3n) is 3.56. The predicted octanol–water partition coefficient (Wildman–Crippen LogP) is 1.02. The lowest BCUT2D eigenvalue weighted by atomic mass is 10.1. The SMILES string of the molecule is CC(C)c1ncc2oc3nc(N)c(-c4nn[nH]n4)cc3c(=O)c2n1. The first kappa shape index (κ1) is 14.2. The van der Waals surface area contributed by atoms with Crippen molar-refractivity contribution in [1.29, 1.82) is 0 Å². The predicted molar refractivity (Wildman–Crippen MR) is 85.0 cm³/mol. The third-order valence-corrected chi connectivity index (χ3v) is 3.56. The Labute approximate surface area is 134 Å². The molecule has 3 N–H and O–H groups in total. The van der Waals surface area contributed by atoms with Crippen molar-refractivity contribution < 1.29 is 4.42 Å². The molecule has 0 radical (unpaired) electrons. The Morgan fingerprint density at radius 2 is 2.12 bits per heavy atom. The lowest BCUT2D eigenvalue weighted by molar-refractivity contribution is 0.638. The van der Waals surface area contributed by atoms with Crippen molar-refractivity contribution in [2.24, 2.45) is 0 Å². The molecule has 0 unspecified atom stereocenters. The van der Waals surface area contributed by atoms with E-state index in [9.17, 15) is 4.79 Å². The Kier molecular flexibility index (Phi) is 2.98. The summed E-state index contributed by atoms with van der Waals surface area (Å²) in [4.78, 5) is 25.4. The molecular formula is C14H12N8O2. The molecule has 0 aliphatic carbocycles. The number of nitrogen functional groups attached to an aromatic ring is 1. The van der Waals surface area contributed by atoms with Gasteiger partial charge in [0.2, 0.25) is 17.0 Å². The van der Waals surface area contributed by atoms with Crippen LogP contribution in [0.1, 0.15) is 25.6 Å². The average Bonchev–Trinajstić information content (AvgIpc) is 3.08. The molecule has 0 saturated heterocycles. The Bertz CT molecular complexity index is 1120. The number of aromatic amines is 1. The summed E-state index contributed by atoms with van der Waals surface area (Å²) in [5.74, 6) is 1.03. The fourth-order valence-electron chi connectivity index (χ4n) is 2.34. The van der Waals surface area contributed by atoms with E-state index >= 15 is 0 Å². The van der Waals surface area contributed by atoms with Gasteiger partial charge in [0, 0.05) is 5.92 Å². The number of fused-ring (bicyclic) bond motifs is 2. The number of nitrogens with zero attached hydrogens (tertiary/aromatic N) is 6. The quantitative estimate of drug-likeness (QED) is 0.515. The minimum atomic E-state index is -0.312. The molecule has 0 atom stereocenters. The first-order valence-corrected chi connectivity index (χ1v) is 7.18. The molecule has 0 aliphatic rings. The van der Waals surface area contributed by atoms with Crippen LogP contribution in [0.2, 0.25) is 0 Å². The van der Waals surface area contributed by atoms with Crippen molar-refractivity contribution in [3.8, 4) is 11.4 Å². The minimum Gasteiger partial charge on any atom is -0.434 e. The van der Waals surface area contributed by atoms with E-state index in [1.165, 1.54) is 12.3 Å². The van der Waals surface area contributed by atoms with Crippen LogP contribution in [0.4, 0.5) is 5.82 Å². The maximum atomic E-state index is 12.8. The molecule has 0 spiro atoms. The molecule has 24 heavy (non-hydrogen) atoms. The van der Waals surface area contributed by atoms with E-state index < -0.39 is 0 Å². The number of tetrazole rings is 1. The topological polar surface area (TPSA) is 149 Å². The number of hydrogen-bond acceptors (Lipinski definition) is 9. The summed E-state index contributed by atoms with van der Waals surface area (Å²) in [5.41, 5.74) is 6.56. The third kappa shape index (κ3) is 2.07. The van der Waals surface area contributed by atoms with Crippen LogP contribution in [0, 0.1) is 0 Å². The number of aromatic nitrogens is 7. The summed E-state index contributed by atoms with van der Waals surface area (Å²) in [7, 11) is 0. The molecule has 120 valence electrons. The van der Waals surface area contributed by atoms with Crippen molar-refractivity contribution in [2.45, 2.75) is 19.8 Å². The first-order chi connectivity index (χ1) is 11.5. The fourth-order valence-corrected chi connectivity index (χ4v) is 2.34. The molecule has 10 heteroatoms. The summed E-state index contributed by atoms with van der Waals surface area (Å²) in [5, 5.41) is 13.8. The normalized spacial score (nSPS) is 11.6. The molecule has 4 rings (SSSR count). The molecule has 0 aliphatic heterocycles. The lowest BCUT2D eigenvalue weighted by Gasteiger charge is -2.06. The van der Waals surface area contributed by atoms with Gasteiger partial charge in [-0.25, -0.2) is 9.97 Å². The van der Waals surface area contributed by atoms with Crippen LogP contribution in [0.25, 0.3) is 33.6 Å². The van der Waals surface area contributed by atoms with E-state index in [-0.39, 0.29) is 45.2 Å². The standard InChI is InChI=1S/C14H12N8O2/c1-5(2)12-16-4-8-9(17-12)10(23)6-3-7(13-19-21-22-20-13)11(15)18-14(6)24-8/h3-5H,1-2H3,(H2,15,18)(H,19,20,21,22). The highest BCUT2D eigenvalue weighted by molar-refractivity contribution is 5.89. The second-order valence-corrected chi connectivity index (χ2v) is 5.54. The van der Waals surface area contributed by atoms with Crippen molar-refractivity contribution in [1.82, 2.24) is 35.6 Å². The Balaban J connectivity index is 2.06. The number of pyridine rings is 1. The second kappa shape index (κ2) is 5.05. The minimum absolute atomic E-state index is 0.0870. The van der Waals surface area contributed by atoms with E-state index in [4.69, 9.17) is 10.2 Å². The van der Waals surface area contributed by atoms with E-state index in [2.05, 4.69) is 35.6 Å². The van der Waals surface area contributed by atoms with Gasteiger partial charge in [0.15, 0.2) is 11.1 Å². The highest BCUT2D eigenvalue weighted by atomic mass is 16.3. The fraction of sp³-hybridized carbons (Fsp3) is 0.214. The van der Waals surface area contributed by atoms with Gasteiger partial charge in [-0.15, -0.1) is 10.2 Å². The zero-order valence-electron chi connectivity index (χ0n) is 12.8. The maximum Gasteiger partial charge on any atom is 0.232 e. The number of rotatable bonds is 2. The van der Waals surface area contributed by atoms with Crippen LogP contribution in [0.3, 0.4) is 0 Å². The second-order valence-electron chi connectivity index (χ2n) is 5.54. The summed E-state index contributed by atoms with van der Waals surface area (Å²) in [6.07, 6.45) is 1.48. The van der Waals surface area contributed by atoms with Gasteiger partial charge in [-0.05, 0) is 11.3 Å². The number of nitrogens with two attached hydrogens (primary N) is 1. The van der Waals surface area contributed by atoms with Gasteiger partial charge in [-0.1, -0.05) is 13.8 Å². The van der Waals surface area contributed by atoms with Crippen LogP contribution in [-0.2, 0) is 0 Å². The number of anilines is 1. The van der Waals surface area contributed by atoms with E-state index in [1.54, 1.807) is 0 Å². The molecule has 4 aromatic rings. The van der Waals surface area contributed by atoms with E-state index in [0.29, 0.717) is 11.4 Å². The number of H-pyrrole nitrogens is 1. The van der Waals surface area contributed by atoms with Crippen molar-refractivity contribution in [2.75, 3.05) is 5.73 Å². The molecule has 0 bridgehead atoms. The monoisotopic (exact) mass is 324 g/mol. The Hall–Kier alpha value is -3.43. The molecule has 4 aromatic heterocycles. The van der Waals surface area contributed by atoms with Gasteiger partial charge in [-0.2, -0.15) is 10.2 Å². The summed E-state index contributed by atoms with van der Waals surface area (Å²) in [6, 6.07) is 1.53. The van der Waals surface area contributed by atoms with Gasteiger partial charge in [0.05, 0.1) is 17.1 Å². The highest BCUT2D eigenvalue weighted by Gasteiger charge is 2.17. The van der Waals surface area contributed by atoms with Crippen molar-refractivity contribution in [3.05, 3.63) is 28.3 Å². The van der Waals surface area contributed by atoms with Gasteiger partial charge in [0.1, 0.15) is 11.6 Å². The van der Waals surface area contributed by atoms with Crippen LogP contribution < -0.4 is 11.2 Å². The van der Waals surface area contributed by atoms with E-state index in [1.807, 2.05) is 13.8 Å². The van der Waals surface area contributed by atoms with E-state index in [0.717, 1.165) is 0 Å². The number of nitrogens with one attached hydrogen (secondary N) is 1. The van der Waals surface area contributed by atoms with Crippen LogP contribution in [-0.4, -0.2) is 35.6 Å². The summed E-state index contributed by atoms with van der Waals surface area (Å²) < 4.78 is 5.63. The van der Waals surface area contributed by atoms with Gasteiger partial charge < -0.3 is 10.2 Å². The molecule has 4 heterocycles. The summed E-state index contributed by atoms with van der Waals surface area (Å²) in [6.45, 7) is 3.89. The summed E-state index contributed by atoms with van der Waals surface area (Å²) >= 11 is 0. The van der Waals surface area contributed by atoms with Crippen molar-refractivity contribution in [3.63, 3.8) is 0 Å². The molecule has 10 nitrogen and oxygen atoms in total. The largest absolute Gasteiger partial charge is 0.434 e. The van der Waals surface area contributed by atoms with Crippen LogP contribution >= 0.6 is 0 Å². The van der Waals surface area contributed by atoms with Crippen LogP contribution in [0.15, 0.2) is 21.5 Å². The number of hydrogen-bond donors (Lipinski definition) is 2. The van der Waals surface area contributed by atoms with Gasteiger partial charge in [-0.3, -0.25) is 4.79 Å². The van der Waals surface area contributed by atoms with Crippen molar-refractivity contribution >= 4 is 28.0 Å². The zero-order valence-corrected chi connectivity index (χ0v) is 12.8. The molecule has 0 aromatic carbocycles. The molecule has 0 fully saturated rings. The molecule has 0 saturated carbocycles. The Morgan fingerprint density at radius 3 is 2.83 bits per heavy atom. The average molecular weight is 324 g/mol. The lowest BCUT2D eigenvalue weighted by Crippen LogP contribution is -2.09. The van der Waals surface area contributed by atoms with Gasteiger partial charge in [0.25, 0.3) is 0 Å². The molecule has 0 amide bonds. The smallest absolute Gasteiger partial charge is 0.232 e. The molecular weight excluding hydrogens is 312 g/mol. The van der Waals surface area contributed by atoms with Crippen LogP contribution in [0.5, 0.6) is 0 Å².